The Kier molecular flexibility index (Phi) is 3.34. The largest absolute Gasteiger partial charge is 0.476 e. The van der Waals surface area contributed by atoms with Crippen LogP contribution in [0.2, 0.25) is 0 Å². The normalized spacial score (nSPS) is 15.6. The van der Waals surface area contributed by atoms with E-state index in [2.05, 4.69) is 4.98 Å². The van der Waals surface area contributed by atoms with E-state index in [0.717, 1.165) is 0 Å². The minimum Gasteiger partial charge on any atom is -0.476 e. The fourth-order valence-corrected chi connectivity index (χ4v) is 1.69. The van der Waals surface area contributed by atoms with Gasteiger partial charge in [0.05, 0.1) is 18.8 Å². The first-order chi connectivity index (χ1) is 8.20. The van der Waals surface area contributed by atoms with Crippen LogP contribution in [0, 0.1) is 0 Å². The number of aromatic nitrogens is 1. The Morgan fingerprint density at radius 2 is 2.06 bits per heavy atom. The molecule has 0 aromatic carbocycles. The van der Waals surface area contributed by atoms with E-state index in [1.807, 2.05) is 0 Å². The lowest BCUT2D eigenvalue weighted by Crippen LogP contribution is -2.41. The summed E-state index contributed by atoms with van der Waals surface area (Å²) in [6.07, 6.45) is 1.36. The molecule has 17 heavy (non-hydrogen) atoms. The molecule has 0 atom stereocenters. The molecule has 1 amide bonds. The Morgan fingerprint density at radius 1 is 1.35 bits per heavy atom. The third kappa shape index (κ3) is 2.42. The third-order valence-electron chi connectivity index (χ3n) is 2.54. The van der Waals surface area contributed by atoms with Gasteiger partial charge in [-0.05, 0) is 12.1 Å². The Bertz CT molecular complexity index is 441. The minimum absolute atomic E-state index is 0.127. The molecule has 1 aliphatic rings. The monoisotopic (exact) mass is 236 g/mol. The van der Waals surface area contributed by atoms with Crippen molar-refractivity contribution >= 4 is 11.9 Å². The van der Waals surface area contributed by atoms with Crippen LogP contribution < -0.4 is 0 Å². The van der Waals surface area contributed by atoms with Gasteiger partial charge in [-0.3, -0.25) is 4.79 Å². The molecular weight excluding hydrogens is 224 g/mol. The highest BCUT2D eigenvalue weighted by atomic mass is 16.5. The maximum absolute atomic E-state index is 12.1. The second-order valence-electron chi connectivity index (χ2n) is 3.61. The minimum atomic E-state index is -1.19. The zero-order chi connectivity index (χ0) is 12.3. The van der Waals surface area contributed by atoms with Gasteiger partial charge in [0.25, 0.3) is 5.91 Å². The van der Waals surface area contributed by atoms with Gasteiger partial charge in [-0.15, -0.1) is 0 Å². The van der Waals surface area contributed by atoms with E-state index < -0.39 is 5.97 Å². The zero-order valence-electron chi connectivity index (χ0n) is 9.13. The Balaban J connectivity index is 2.26. The maximum Gasteiger partial charge on any atom is 0.355 e. The molecule has 0 spiro atoms. The van der Waals surface area contributed by atoms with Crippen LogP contribution >= 0.6 is 0 Å². The molecule has 0 bridgehead atoms. The van der Waals surface area contributed by atoms with Gasteiger partial charge in [0, 0.05) is 19.3 Å². The van der Waals surface area contributed by atoms with Crippen molar-refractivity contribution in [2.45, 2.75) is 0 Å². The SMILES string of the molecule is O=C(O)c1ncccc1C(=O)N1CCOCC1. The molecule has 0 saturated carbocycles. The van der Waals surface area contributed by atoms with Crippen molar-refractivity contribution in [3.8, 4) is 0 Å². The summed E-state index contributed by atoms with van der Waals surface area (Å²) in [5, 5.41) is 8.95. The van der Waals surface area contributed by atoms with Crippen LogP contribution in [0.15, 0.2) is 18.3 Å². The molecule has 2 rings (SSSR count). The summed E-state index contributed by atoms with van der Waals surface area (Å²) in [6, 6.07) is 3.04. The fourth-order valence-electron chi connectivity index (χ4n) is 1.69. The van der Waals surface area contributed by atoms with E-state index in [1.54, 1.807) is 11.0 Å². The van der Waals surface area contributed by atoms with E-state index in [0.29, 0.717) is 26.3 Å². The molecule has 1 aliphatic heterocycles. The molecule has 2 heterocycles. The number of ether oxygens (including phenoxy) is 1. The Labute approximate surface area is 97.8 Å². The number of nitrogens with zero attached hydrogens (tertiary/aromatic N) is 2. The lowest BCUT2D eigenvalue weighted by molar-refractivity contribution is 0.0300. The van der Waals surface area contributed by atoms with E-state index in [-0.39, 0.29) is 17.2 Å². The molecule has 0 radical (unpaired) electrons. The summed E-state index contributed by atoms with van der Waals surface area (Å²) < 4.78 is 5.14. The fraction of sp³-hybridized carbons (Fsp3) is 0.364. The average molecular weight is 236 g/mol. The Hall–Kier alpha value is -1.95. The second-order valence-corrected chi connectivity index (χ2v) is 3.61. The smallest absolute Gasteiger partial charge is 0.355 e. The molecule has 1 saturated heterocycles. The van der Waals surface area contributed by atoms with E-state index in [9.17, 15) is 9.59 Å². The average Bonchev–Trinajstić information content (AvgIpc) is 2.39. The summed E-state index contributed by atoms with van der Waals surface area (Å²) in [5.74, 6) is -1.50. The van der Waals surface area contributed by atoms with Crippen LogP contribution in [0.1, 0.15) is 20.8 Å². The van der Waals surface area contributed by atoms with Gasteiger partial charge in [0.1, 0.15) is 0 Å². The van der Waals surface area contributed by atoms with Crippen LogP contribution in [-0.4, -0.2) is 53.2 Å². The molecule has 1 fully saturated rings. The van der Waals surface area contributed by atoms with Gasteiger partial charge in [0.2, 0.25) is 0 Å². The molecule has 0 unspecified atom stereocenters. The van der Waals surface area contributed by atoms with Gasteiger partial charge in [-0.25, -0.2) is 9.78 Å². The number of carboxylic acids is 1. The number of pyridine rings is 1. The molecule has 0 aliphatic carbocycles. The number of hydrogen-bond donors (Lipinski definition) is 1. The van der Waals surface area contributed by atoms with Crippen molar-refractivity contribution in [2.24, 2.45) is 0 Å². The number of carboxylic acid groups (broad SMARTS) is 1. The van der Waals surface area contributed by atoms with Crippen molar-refractivity contribution in [3.05, 3.63) is 29.6 Å². The third-order valence-corrected chi connectivity index (χ3v) is 2.54. The predicted molar refractivity (Wildman–Crippen MR) is 57.9 cm³/mol. The number of amides is 1. The number of carbonyl (C=O) groups is 2. The highest BCUT2D eigenvalue weighted by Crippen LogP contribution is 2.10. The van der Waals surface area contributed by atoms with Crippen molar-refractivity contribution in [1.82, 2.24) is 9.88 Å². The molecular formula is C11H12N2O4. The highest BCUT2D eigenvalue weighted by Gasteiger charge is 2.23. The van der Waals surface area contributed by atoms with Crippen molar-refractivity contribution in [1.29, 1.82) is 0 Å². The topological polar surface area (TPSA) is 79.7 Å². The number of hydrogen-bond acceptors (Lipinski definition) is 4. The second kappa shape index (κ2) is 4.92. The quantitative estimate of drug-likeness (QED) is 0.796. The molecule has 6 nitrogen and oxygen atoms in total. The Morgan fingerprint density at radius 3 is 2.71 bits per heavy atom. The van der Waals surface area contributed by atoms with Gasteiger partial charge >= 0.3 is 5.97 Å². The zero-order valence-corrected chi connectivity index (χ0v) is 9.13. The molecule has 1 aromatic rings. The van der Waals surface area contributed by atoms with Gasteiger partial charge in [0.15, 0.2) is 5.69 Å². The van der Waals surface area contributed by atoms with Crippen LogP contribution in [0.3, 0.4) is 0 Å². The van der Waals surface area contributed by atoms with E-state index in [4.69, 9.17) is 9.84 Å². The van der Waals surface area contributed by atoms with Crippen molar-refractivity contribution in [2.75, 3.05) is 26.3 Å². The summed E-state index contributed by atoms with van der Waals surface area (Å²) in [4.78, 5) is 28.3. The highest BCUT2D eigenvalue weighted by molar-refractivity contribution is 6.03. The first kappa shape index (κ1) is 11.5. The van der Waals surface area contributed by atoms with Crippen LogP contribution in [0.5, 0.6) is 0 Å². The molecule has 1 aromatic heterocycles. The number of rotatable bonds is 2. The van der Waals surface area contributed by atoms with E-state index in [1.165, 1.54) is 12.3 Å². The molecule has 6 heteroatoms. The van der Waals surface area contributed by atoms with Crippen molar-refractivity contribution in [3.63, 3.8) is 0 Å². The van der Waals surface area contributed by atoms with Gasteiger partial charge in [-0.2, -0.15) is 0 Å². The maximum atomic E-state index is 12.1. The lowest BCUT2D eigenvalue weighted by atomic mass is 10.1. The van der Waals surface area contributed by atoms with Gasteiger partial charge < -0.3 is 14.7 Å². The first-order valence-electron chi connectivity index (χ1n) is 5.25. The predicted octanol–water partition coefficient (Wildman–Crippen LogP) is 0.252. The van der Waals surface area contributed by atoms with E-state index >= 15 is 0 Å². The van der Waals surface area contributed by atoms with Crippen LogP contribution in [0.4, 0.5) is 0 Å². The van der Waals surface area contributed by atoms with Crippen LogP contribution in [0.25, 0.3) is 0 Å². The first-order valence-corrected chi connectivity index (χ1v) is 5.25. The summed E-state index contributed by atoms with van der Waals surface area (Å²) in [6.45, 7) is 1.92. The van der Waals surface area contributed by atoms with Gasteiger partial charge in [-0.1, -0.05) is 0 Å². The number of morpholine rings is 1. The lowest BCUT2D eigenvalue weighted by Gasteiger charge is -2.27. The summed E-state index contributed by atoms with van der Waals surface area (Å²) >= 11 is 0. The standard InChI is InChI=1S/C11H12N2O4/c14-10(13-4-6-17-7-5-13)8-2-1-3-12-9(8)11(15)16/h1-3H,4-7H2,(H,15,16). The molecule has 1 N–H and O–H groups in total. The number of aromatic carboxylic acids is 1. The van der Waals surface area contributed by atoms with Crippen LogP contribution in [-0.2, 0) is 4.74 Å². The summed E-state index contributed by atoms with van der Waals surface area (Å²) in [7, 11) is 0. The van der Waals surface area contributed by atoms with Crippen molar-refractivity contribution < 1.29 is 19.4 Å². The number of carbonyl (C=O) groups excluding carboxylic acids is 1. The molecule has 90 valence electrons. The summed E-state index contributed by atoms with van der Waals surface area (Å²) in [5.41, 5.74) is -0.0779.